The lowest BCUT2D eigenvalue weighted by Crippen LogP contribution is -2.28. The van der Waals surface area contributed by atoms with Crippen LogP contribution in [0.2, 0.25) is 0 Å². The molecule has 0 aliphatic rings. The molecule has 1 N–H and O–H groups in total. The van der Waals surface area contributed by atoms with Crippen molar-refractivity contribution in [1.29, 1.82) is 0 Å². The van der Waals surface area contributed by atoms with Crippen molar-refractivity contribution in [3.05, 3.63) is 65.4 Å². The molecule has 1 aromatic carbocycles. The quantitative estimate of drug-likeness (QED) is 0.795. The SMILES string of the molecule is Cc1cc(C)nc(-c2ccc(C(=O)N[C@@H](C)c3nncn3C)cc2)c1. The Kier molecular flexibility index (Phi) is 4.61. The minimum absolute atomic E-state index is 0.143. The number of benzene rings is 1. The summed E-state index contributed by atoms with van der Waals surface area (Å²) in [6.07, 6.45) is 1.61. The Labute approximate surface area is 146 Å². The average Bonchev–Trinajstić information content (AvgIpc) is 3.00. The monoisotopic (exact) mass is 335 g/mol. The van der Waals surface area contributed by atoms with Gasteiger partial charge in [0.2, 0.25) is 0 Å². The van der Waals surface area contributed by atoms with Crippen LogP contribution in [0.4, 0.5) is 0 Å². The van der Waals surface area contributed by atoms with E-state index in [1.807, 2.05) is 64.2 Å². The van der Waals surface area contributed by atoms with Gasteiger partial charge in [-0.25, -0.2) is 0 Å². The molecule has 6 heteroatoms. The van der Waals surface area contributed by atoms with E-state index >= 15 is 0 Å². The van der Waals surface area contributed by atoms with Crippen LogP contribution in [0.15, 0.2) is 42.7 Å². The maximum atomic E-state index is 12.4. The van der Waals surface area contributed by atoms with Gasteiger partial charge < -0.3 is 9.88 Å². The predicted octanol–water partition coefficient (Wildman–Crippen LogP) is 2.98. The Morgan fingerprint density at radius 2 is 1.88 bits per heavy atom. The third-order valence-corrected chi connectivity index (χ3v) is 4.02. The molecule has 25 heavy (non-hydrogen) atoms. The number of hydrogen-bond acceptors (Lipinski definition) is 4. The first kappa shape index (κ1) is 16.8. The van der Waals surface area contributed by atoms with Crippen molar-refractivity contribution in [2.24, 2.45) is 7.05 Å². The number of carbonyl (C=O) groups excluding carboxylic acids is 1. The summed E-state index contributed by atoms with van der Waals surface area (Å²) in [6, 6.07) is 11.3. The van der Waals surface area contributed by atoms with Crippen molar-refractivity contribution >= 4 is 5.91 Å². The predicted molar refractivity (Wildman–Crippen MR) is 96.0 cm³/mol. The third kappa shape index (κ3) is 3.74. The van der Waals surface area contributed by atoms with E-state index in [4.69, 9.17) is 0 Å². The number of nitrogens with one attached hydrogen (secondary N) is 1. The van der Waals surface area contributed by atoms with Gasteiger partial charge in [-0.05, 0) is 50.6 Å². The van der Waals surface area contributed by atoms with Gasteiger partial charge in [0.25, 0.3) is 5.91 Å². The highest BCUT2D eigenvalue weighted by Gasteiger charge is 2.15. The number of amides is 1. The number of hydrogen-bond donors (Lipinski definition) is 1. The van der Waals surface area contributed by atoms with Gasteiger partial charge in [-0.2, -0.15) is 0 Å². The number of aryl methyl sites for hydroxylation is 3. The molecule has 2 heterocycles. The molecule has 2 aromatic heterocycles. The number of carbonyl (C=O) groups is 1. The topological polar surface area (TPSA) is 72.7 Å². The van der Waals surface area contributed by atoms with Crippen molar-refractivity contribution in [1.82, 2.24) is 25.1 Å². The van der Waals surface area contributed by atoms with Gasteiger partial charge >= 0.3 is 0 Å². The number of aromatic nitrogens is 4. The van der Waals surface area contributed by atoms with Gasteiger partial charge in [-0.1, -0.05) is 12.1 Å². The van der Waals surface area contributed by atoms with Gasteiger partial charge in [0.1, 0.15) is 6.33 Å². The highest BCUT2D eigenvalue weighted by molar-refractivity contribution is 5.94. The Bertz CT molecular complexity index is 878. The van der Waals surface area contributed by atoms with E-state index in [9.17, 15) is 4.79 Å². The second-order valence-electron chi connectivity index (χ2n) is 6.24. The highest BCUT2D eigenvalue weighted by Crippen LogP contribution is 2.20. The zero-order valence-electron chi connectivity index (χ0n) is 14.8. The average molecular weight is 335 g/mol. The van der Waals surface area contributed by atoms with Crippen molar-refractivity contribution < 1.29 is 4.79 Å². The van der Waals surface area contributed by atoms with Gasteiger partial charge in [-0.3, -0.25) is 9.78 Å². The van der Waals surface area contributed by atoms with Crippen LogP contribution in [0.1, 0.15) is 40.4 Å². The maximum Gasteiger partial charge on any atom is 0.251 e. The first-order valence-corrected chi connectivity index (χ1v) is 8.14. The third-order valence-electron chi connectivity index (χ3n) is 4.02. The molecule has 0 bridgehead atoms. The lowest BCUT2D eigenvalue weighted by atomic mass is 10.1. The molecule has 0 radical (unpaired) electrons. The van der Waals surface area contributed by atoms with Crippen molar-refractivity contribution in [3.63, 3.8) is 0 Å². The molecule has 1 amide bonds. The van der Waals surface area contributed by atoms with E-state index in [0.717, 1.165) is 17.0 Å². The van der Waals surface area contributed by atoms with E-state index in [0.29, 0.717) is 11.4 Å². The second-order valence-corrected chi connectivity index (χ2v) is 6.24. The summed E-state index contributed by atoms with van der Waals surface area (Å²) < 4.78 is 1.79. The Balaban J connectivity index is 1.75. The van der Waals surface area contributed by atoms with E-state index in [1.54, 1.807) is 10.9 Å². The molecular weight excluding hydrogens is 314 g/mol. The molecule has 0 saturated heterocycles. The molecule has 0 aliphatic carbocycles. The summed E-state index contributed by atoms with van der Waals surface area (Å²) in [4.78, 5) is 17.0. The largest absolute Gasteiger partial charge is 0.342 e. The van der Waals surface area contributed by atoms with Crippen LogP contribution in [0.5, 0.6) is 0 Å². The summed E-state index contributed by atoms with van der Waals surface area (Å²) in [5.74, 6) is 0.569. The fourth-order valence-electron chi connectivity index (χ4n) is 2.81. The van der Waals surface area contributed by atoms with E-state index in [2.05, 4.69) is 20.5 Å². The van der Waals surface area contributed by atoms with Crippen LogP contribution >= 0.6 is 0 Å². The molecule has 3 aromatic rings. The zero-order valence-corrected chi connectivity index (χ0v) is 14.8. The van der Waals surface area contributed by atoms with Crippen LogP contribution < -0.4 is 5.32 Å². The van der Waals surface area contributed by atoms with Gasteiger partial charge in [0, 0.05) is 23.9 Å². The Morgan fingerprint density at radius 3 is 2.48 bits per heavy atom. The van der Waals surface area contributed by atoms with Crippen LogP contribution in [-0.2, 0) is 7.05 Å². The van der Waals surface area contributed by atoms with Crippen molar-refractivity contribution in [3.8, 4) is 11.3 Å². The minimum atomic E-state index is -0.222. The van der Waals surface area contributed by atoms with Gasteiger partial charge in [0.05, 0.1) is 11.7 Å². The molecule has 0 aliphatic heterocycles. The summed E-state index contributed by atoms with van der Waals surface area (Å²) in [5.41, 5.74) is 4.65. The number of pyridine rings is 1. The molecule has 6 nitrogen and oxygen atoms in total. The lowest BCUT2D eigenvalue weighted by molar-refractivity contribution is 0.0938. The Hall–Kier alpha value is -3.02. The number of rotatable bonds is 4. The molecule has 0 unspecified atom stereocenters. The fraction of sp³-hybridized carbons (Fsp3) is 0.263. The summed E-state index contributed by atoms with van der Waals surface area (Å²) in [6.45, 7) is 5.91. The maximum absolute atomic E-state index is 12.4. The van der Waals surface area contributed by atoms with Crippen LogP contribution in [0, 0.1) is 13.8 Å². The van der Waals surface area contributed by atoms with E-state index in [1.165, 1.54) is 5.56 Å². The Morgan fingerprint density at radius 1 is 1.16 bits per heavy atom. The summed E-state index contributed by atoms with van der Waals surface area (Å²) >= 11 is 0. The zero-order chi connectivity index (χ0) is 18.0. The molecule has 0 spiro atoms. The highest BCUT2D eigenvalue weighted by atomic mass is 16.1. The smallest absolute Gasteiger partial charge is 0.251 e. The van der Waals surface area contributed by atoms with Gasteiger partial charge in [0.15, 0.2) is 5.82 Å². The van der Waals surface area contributed by atoms with E-state index in [-0.39, 0.29) is 11.9 Å². The van der Waals surface area contributed by atoms with Gasteiger partial charge in [-0.15, -0.1) is 10.2 Å². The molecule has 3 rings (SSSR count). The first-order valence-electron chi connectivity index (χ1n) is 8.14. The van der Waals surface area contributed by atoms with Crippen molar-refractivity contribution in [2.75, 3.05) is 0 Å². The van der Waals surface area contributed by atoms with Crippen LogP contribution in [-0.4, -0.2) is 25.7 Å². The summed E-state index contributed by atoms with van der Waals surface area (Å²) in [7, 11) is 1.85. The lowest BCUT2D eigenvalue weighted by Gasteiger charge is -2.13. The molecule has 1 atom stereocenters. The standard InChI is InChI=1S/C19H21N5O/c1-12-9-13(2)21-17(10-12)15-5-7-16(8-6-15)19(25)22-14(3)18-23-20-11-24(18)4/h5-11,14H,1-4H3,(H,22,25)/t14-/m0/s1. The normalized spacial score (nSPS) is 12.0. The second kappa shape index (κ2) is 6.84. The first-order chi connectivity index (χ1) is 11.9. The number of nitrogens with zero attached hydrogens (tertiary/aromatic N) is 4. The summed E-state index contributed by atoms with van der Waals surface area (Å²) in [5, 5.41) is 10.8. The van der Waals surface area contributed by atoms with Crippen LogP contribution in [0.25, 0.3) is 11.3 Å². The molecule has 0 saturated carbocycles. The minimum Gasteiger partial charge on any atom is -0.342 e. The molecule has 128 valence electrons. The molecular formula is C19H21N5O. The van der Waals surface area contributed by atoms with Crippen LogP contribution in [0.3, 0.4) is 0 Å². The van der Waals surface area contributed by atoms with Crippen molar-refractivity contribution in [2.45, 2.75) is 26.8 Å². The van der Waals surface area contributed by atoms with E-state index < -0.39 is 0 Å². The fourth-order valence-corrected chi connectivity index (χ4v) is 2.81. The molecule has 0 fully saturated rings.